The molecular weight excluding hydrogens is 200 g/mol. The summed E-state index contributed by atoms with van der Waals surface area (Å²) in [6.45, 7) is 2.58. The Kier molecular flexibility index (Phi) is 3.05. The minimum Gasteiger partial charge on any atom is -0.504 e. The van der Waals surface area contributed by atoms with Gasteiger partial charge in [0, 0.05) is 0 Å². The summed E-state index contributed by atoms with van der Waals surface area (Å²) in [6.07, 6.45) is 5.21. The molecule has 0 unspecified atom stereocenters. The van der Waals surface area contributed by atoms with Crippen LogP contribution in [-0.4, -0.2) is 14.9 Å². The first-order valence-corrected chi connectivity index (χ1v) is 5.22. The fourth-order valence-electron chi connectivity index (χ4n) is 1.60. The second-order valence-corrected chi connectivity index (χ2v) is 3.56. The van der Waals surface area contributed by atoms with Crippen LogP contribution in [0.4, 0.5) is 0 Å². The quantitative estimate of drug-likeness (QED) is 0.853. The Morgan fingerprint density at radius 3 is 2.75 bits per heavy atom. The SMILES string of the molecule is C/C=C/c1c(O)cnn1Cc1ccccc1. The van der Waals surface area contributed by atoms with E-state index < -0.39 is 0 Å². The van der Waals surface area contributed by atoms with E-state index in [9.17, 15) is 5.11 Å². The predicted octanol–water partition coefficient (Wildman–Crippen LogP) is 2.67. The van der Waals surface area contributed by atoms with Crippen LogP contribution in [0.5, 0.6) is 5.75 Å². The lowest BCUT2D eigenvalue weighted by Crippen LogP contribution is -2.03. The number of benzene rings is 1. The van der Waals surface area contributed by atoms with Gasteiger partial charge in [-0.05, 0) is 18.6 Å². The molecule has 16 heavy (non-hydrogen) atoms. The molecule has 0 radical (unpaired) electrons. The molecule has 2 rings (SSSR count). The Bertz CT molecular complexity index is 486. The summed E-state index contributed by atoms with van der Waals surface area (Å²) in [6, 6.07) is 10.1. The van der Waals surface area contributed by atoms with Gasteiger partial charge in [-0.3, -0.25) is 4.68 Å². The molecule has 0 aliphatic carbocycles. The molecule has 0 aliphatic heterocycles. The van der Waals surface area contributed by atoms with Crippen LogP contribution in [0.1, 0.15) is 18.2 Å². The van der Waals surface area contributed by atoms with Crippen molar-refractivity contribution in [2.45, 2.75) is 13.5 Å². The van der Waals surface area contributed by atoms with Gasteiger partial charge in [-0.15, -0.1) is 0 Å². The van der Waals surface area contributed by atoms with Crippen LogP contribution in [0, 0.1) is 0 Å². The molecule has 1 N–H and O–H groups in total. The van der Waals surface area contributed by atoms with E-state index in [1.54, 1.807) is 4.68 Å². The first-order chi connectivity index (χ1) is 7.81. The number of hydrogen-bond acceptors (Lipinski definition) is 2. The van der Waals surface area contributed by atoms with Crippen molar-refractivity contribution in [1.29, 1.82) is 0 Å². The molecule has 0 bridgehead atoms. The molecule has 0 saturated heterocycles. The Hall–Kier alpha value is -2.03. The molecule has 0 spiro atoms. The van der Waals surface area contributed by atoms with Crippen LogP contribution in [0.2, 0.25) is 0 Å². The molecule has 3 nitrogen and oxygen atoms in total. The maximum atomic E-state index is 9.61. The molecule has 82 valence electrons. The number of rotatable bonds is 3. The normalized spacial score (nSPS) is 11.1. The lowest BCUT2D eigenvalue weighted by Gasteiger charge is -2.04. The van der Waals surface area contributed by atoms with Crippen LogP contribution in [-0.2, 0) is 6.54 Å². The van der Waals surface area contributed by atoms with Gasteiger partial charge in [0.25, 0.3) is 0 Å². The highest BCUT2D eigenvalue weighted by atomic mass is 16.3. The van der Waals surface area contributed by atoms with E-state index in [4.69, 9.17) is 0 Å². The molecule has 3 heteroatoms. The van der Waals surface area contributed by atoms with Crippen molar-refractivity contribution in [1.82, 2.24) is 9.78 Å². The van der Waals surface area contributed by atoms with Crippen LogP contribution < -0.4 is 0 Å². The average molecular weight is 214 g/mol. The van der Waals surface area contributed by atoms with Gasteiger partial charge >= 0.3 is 0 Å². The molecule has 2 aromatic rings. The topological polar surface area (TPSA) is 38.1 Å². The van der Waals surface area contributed by atoms with Crippen molar-refractivity contribution in [2.75, 3.05) is 0 Å². The lowest BCUT2D eigenvalue weighted by molar-refractivity contribution is 0.472. The molecule has 0 amide bonds. The van der Waals surface area contributed by atoms with E-state index in [-0.39, 0.29) is 5.75 Å². The van der Waals surface area contributed by atoms with E-state index in [0.29, 0.717) is 6.54 Å². The van der Waals surface area contributed by atoms with Gasteiger partial charge in [-0.25, -0.2) is 0 Å². The van der Waals surface area contributed by atoms with Gasteiger partial charge in [-0.1, -0.05) is 36.4 Å². The van der Waals surface area contributed by atoms with E-state index in [0.717, 1.165) is 11.3 Å². The average Bonchev–Trinajstić information content (AvgIpc) is 2.64. The Morgan fingerprint density at radius 2 is 2.06 bits per heavy atom. The van der Waals surface area contributed by atoms with Gasteiger partial charge in [0.2, 0.25) is 0 Å². The lowest BCUT2D eigenvalue weighted by atomic mass is 10.2. The van der Waals surface area contributed by atoms with Crippen molar-refractivity contribution in [3.05, 3.63) is 53.9 Å². The zero-order valence-electron chi connectivity index (χ0n) is 9.17. The zero-order chi connectivity index (χ0) is 11.4. The smallest absolute Gasteiger partial charge is 0.161 e. The van der Waals surface area contributed by atoms with Crippen molar-refractivity contribution in [2.24, 2.45) is 0 Å². The molecular formula is C13H14N2O. The predicted molar refractivity (Wildman–Crippen MR) is 64.1 cm³/mol. The van der Waals surface area contributed by atoms with Crippen LogP contribution in [0.15, 0.2) is 42.6 Å². The summed E-state index contributed by atoms with van der Waals surface area (Å²) >= 11 is 0. The number of hydrogen-bond donors (Lipinski definition) is 1. The maximum absolute atomic E-state index is 9.61. The number of aromatic hydroxyl groups is 1. The Morgan fingerprint density at radius 1 is 1.31 bits per heavy atom. The van der Waals surface area contributed by atoms with Crippen molar-refractivity contribution in [3.8, 4) is 5.75 Å². The summed E-state index contributed by atoms with van der Waals surface area (Å²) in [5, 5.41) is 13.8. The molecule has 0 saturated carbocycles. The second-order valence-electron chi connectivity index (χ2n) is 3.56. The molecule has 0 aliphatic rings. The summed E-state index contributed by atoms with van der Waals surface area (Å²) in [4.78, 5) is 0. The summed E-state index contributed by atoms with van der Waals surface area (Å²) < 4.78 is 1.78. The zero-order valence-corrected chi connectivity index (χ0v) is 9.17. The third-order valence-corrected chi connectivity index (χ3v) is 2.36. The largest absolute Gasteiger partial charge is 0.504 e. The minimum atomic E-state index is 0.217. The third kappa shape index (κ3) is 2.14. The van der Waals surface area contributed by atoms with E-state index in [2.05, 4.69) is 5.10 Å². The molecule has 0 fully saturated rings. The van der Waals surface area contributed by atoms with E-state index in [1.165, 1.54) is 6.20 Å². The van der Waals surface area contributed by atoms with E-state index >= 15 is 0 Å². The summed E-state index contributed by atoms with van der Waals surface area (Å²) in [7, 11) is 0. The Labute approximate surface area is 94.7 Å². The van der Waals surface area contributed by atoms with E-state index in [1.807, 2.05) is 49.4 Å². The fraction of sp³-hybridized carbons (Fsp3) is 0.154. The standard InChI is InChI=1S/C13H14N2O/c1-2-6-12-13(16)9-14-15(12)10-11-7-4-3-5-8-11/h2-9,16H,10H2,1H3/b6-2+. The third-order valence-electron chi connectivity index (χ3n) is 2.36. The van der Waals surface area contributed by atoms with Crippen molar-refractivity contribution in [3.63, 3.8) is 0 Å². The summed E-state index contributed by atoms with van der Waals surface area (Å²) in [5.74, 6) is 0.217. The van der Waals surface area contributed by atoms with Crippen LogP contribution >= 0.6 is 0 Å². The highest BCUT2D eigenvalue weighted by molar-refractivity contribution is 5.52. The highest BCUT2D eigenvalue weighted by Crippen LogP contribution is 2.18. The number of nitrogens with zero attached hydrogens (tertiary/aromatic N) is 2. The first kappa shape index (κ1) is 10.5. The maximum Gasteiger partial charge on any atom is 0.161 e. The summed E-state index contributed by atoms with van der Waals surface area (Å²) in [5.41, 5.74) is 1.91. The van der Waals surface area contributed by atoms with Gasteiger partial charge in [0.05, 0.1) is 12.7 Å². The van der Waals surface area contributed by atoms with Gasteiger partial charge < -0.3 is 5.11 Å². The first-order valence-electron chi connectivity index (χ1n) is 5.22. The number of allylic oxidation sites excluding steroid dienone is 1. The molecule has 1 aromatic carbocycles. The Balaban J connectivity index is 2.28. The van der Waals surface area contributed by atoms with Crippen molar-refractivity contribution < 1.29 is 5.11 Å². The highest BCUT2D eigenvalue weighted by Gasteiger charge is 2.06. The van der Waals surface area contributed by atoms with Crippen molar-refractivity contribution >= 4 is 6.08 Å². The fourth-order valence-corrected chi connectivity index (χ4v) is 1.60. The van der Waals surface area contributed by atoms with Crippen LogP contribution in [0.25, 0.3) is 6.08 Å². The van der Waals surface area contributed by atoms with Gasteiger partial charge in [0.15, 0.2) is 5.75 Å². The second kappa shape index (κ2) is 4.66. The molecule has 0 atom stereocenters. The molecule has 1 heterocycles. The van der Waals surface area contributed by atoms with Crippen LogP contribution in [0.3, 0.4) is 0 Å². The minimum absolute atomic E-state index is 0.217. The number of aromatic nitrogens is 2. The molecule has 1 aromatic heterocycles. The van der Waals surface area contributed by atoms with Gasteiger partial charge in [-0.2, -0.15) is 5.10 Å². The monoisotopic (exact) mass is 214 g/mol. The van der Waals surface area contributed by atoms with Gasteiger partial charge in [0.1, 0.15) is 5.69 Å².